The Balaban J connectivity index is 0.848. The van der Waals surface area contributed by atoms with E-state index in [-0.39, 0.29) is 29.9 Å². The fourth-order valence-corrected chi connectivity index (χ4v) is 9.99. The van der Waals surface area contributed by atoms with E-state index in [2.05, 4.69) is 132 Å². The molecule has 10 nitrogen and oxygen atoms in total. The van der Waals surface area contributed by atoms with Crippen molar-refractivity contribution in [1.82, 2.24) is 39.5 Å². The average Bonchev–Trinajstić information content (AvgIpc) is 4.11. The molecule has 3 aliphatic rings. The van der Waals surface area contributed by atoms with E-state index in [1.807, 2.05) is 35.5 Å². The number of H-pyrrole nitrogens is 2. The lowest BCUT2D eigenvalue weighted by molar-refractivity contribution is -0.135. The van der Waals surface area contributed by atoms with Crippen molar-refractivity contribution in [3.8, 4) is 33.6 Å². The summed E-state index contributed by atoms with van der Waals surface area (Å²) in [7, 11) is 8.24. The third-order valence-electron chi connectivity index (χ3n) is 12.9. The number of aromatic nitrogens is 4. The molecule has 1 saturated carbocycles. The standard InChI is InChI=1S/C50H56N8O2/c1-55(2)31-40-12-7-5-10-37(40)27-46(59)57-25-9-14-45(57)49-51-29-43(53-49)35-19-15-33(16-20-35)34-17-21-36(22-18-34)44-30-52-50(54-44)48-39-23-24-42(26-39)58(48)47(60)28-38-11-6-8-13-41(38)32-56(3)4/h5-8,10-13,15-22,29-30,39,42,45,48H,9,14,23-28,31-32H2,1-4H3,(H,51,53)(H,52,54)/t39-,42-,45-,48+/m0/s1. The molecule has 3 fully saturated rings. The monoisotopic (exact) mass is 800 g/mol. The molecule has 308 valence electrons. The van der Waals surface area contributed by atoms with Crippen molar-refractivity contribution in [2.24, 2.45) is 5.92 Å². The first kappa shape index (κ1) is 39.6. The lowest BCUT2D eigenvalue weighted by Gasteiger charge is -2.34. The van der Waals surface area contributed by atoms with Gasteiger partial charge in [0.05, 0.1) is 48.7 Å². The minimum atomic E-state index is -0.0491. The number of amides is 2. The highest BCUT2D eigenvalue weighted by Gasteiger charge is 2.49. The van der Waals surface area contributed by atoms with Gasteiger partial charge < -0.3 is 29.6 Å². The van der Waals surface area contributed by atoms with E-state index in [1.165, 1.54) is 11.1 Å². The topological polar surface area (TPSA) is 104 Å². The Hall–Kier alpha value is -5.84. The van der Waals surface area contributed by atoms with Crippen LogP contribution in [0.4, 0.5) is 0 Å². The molecule has 60 heavy (non-hydrogen) atoms. The lowest BCUT2D eigenvalue weighted by Crippen LogP contribution is -2.41. The normalized spacial score (nSPS) is 19.9. The first-order chi connectivity index (χ1) is 29.2. The fourth-order valence-electron chi connectivity index (χ4n) is 9.99. The van der Waals surface area contributed by atoms with Gasteiger partial charge >= 0.3 is 0 Å². The molecule has 10 heteroatoms. The number of likely N-dealkylation sites (tertiary alicyclic amines) is 2. The van der Waals surface area contributed by atoms with E-state index < -0.39 is 0 Å². The zero-order valence-electron chi connectivity index (χ0n) is 35.3. The summed E-state index contributed by atoms with van der Waals surface area (Å²) in [6.45, 7) is 2.37. The van der Waals surface area contributed by atoms with Gasteiger partial charge in [0.1, 0.15) is 11.6 Å². The molecule has 2 saturated heterocycles. The minimum Gasteiger partial charge on any atom is -0.340 e. The molecule has 9 rings (SSSR count). The Bertz CT molecular complexity index is 2450. The second kappa shape index (κ2) is 17.0. The van der Waals surface area contributed by atoms with Crippen LogP contribution in [-0.4, -0.2) is 92.1 Å². The van der Waals surface area contributed by atoms with Crippen LogP contribution >= 0.6 is 0 Å². The zero-order valence-corrected chi connectivity index (χ0v) is 35.3. The van der Waals surface area contributed by atoms with Crippen molar-refractivity contribution in [1.29, 1.82) is 0 Å². The average molecular weight is 801 g/mol. The fraction of sp³-hybridized carbons (Fsp3) is 0.360. The first-order valence-corrected chi connectivity index (χ1v) is 21.5. The molecule has 2 amide bonds. The van der Waals surface area contributed by atoms with E-state index in [4.69, 9.17) is 9.97 Å². The maximum atomic E-state index is 14.0. The van der Waals surface area contributed by atoms with Crippen LogP contribution in [0.15, 0.2) is 109 Å². The van der Waals surface area contributed by atoms with Gasteiger partial charge in [0.15, 0.2) is 0 Å². The van der Waals surface area contributed by atoms with Crippen LogP contribution in [0, 0.1) is 5.92 Å². The van der Waals surface area contributed by atoms with Gasteiger partial charge in [-0.15, -0.1) is 0 Å². The quantitative estimate of drug-likeness (QED) is 0.122. The smallest absolute Gasteiger partial charge is 0.227 e. The van der Waals surface area contributed by atoms with Gasteiger partial charge in [-0.25, -0.2) is 9.97 Å². The van der Waals surface area contributed by atoms with Crippen LogP contribution in [0.5, 0.6) is 0 Å². The summed E-state index contributed by atoms with van der Waals surface area (Å²) in [5.41, 5.74) is 10.9. The number of piperidine rings is 1. The van der Waals surface area contributed by atoms with Crippen molar-refractivity contribution in [3.05, 3.63) is 143 Å². The van der Waals surface area contributed by atoms with E-state index >= 15 is 0 Å². The molecule has 2 aliphatic heterocycles. The van der Waals surface area contributed by atoms with Crippen molar-refractivity contribution in [2.45, 2.75) is 76.2 Å². The molecule has 0 radical (unpaired) electrons. The number of hydrogen-bond acceptors (Lipinski definition) is 6. The zero-order chi connectivity index (χ0) is 41.3. The Morgan fingerprint density at radius 2 is 1.12 bits per heavy atom. The van der Waals surface area contributed by atoms with Gasteiger partial charge in [0.2, 0.25) is 11.8 Å². The van der Waals surface area contributed by atoms with Gasteiger partial charge in [-0.3, -0.25) is 9.59 Å². The Morgan fingerprint density at radius 3 is 1.68 bits per heavy atom. The number of fused-ring (bicyclic) bond motifs is 2. The van der Waals surface area contributed by atoms with Gasteiger partial charge in [-0.1, -0.05) is 97.1 Å². The predicted octanol–water partition coefficient (Wildman–Crippen LogP) is 8.46. The molecule has 0 unspecified atom stereocenters. The van der Waals surface area contributed by atoms with E-state index in [0.717, 1.165) is 108 Å². The molecule has 1 aliphatic carbocycles. The molecule has 2 N–H and O–H groups in total. The van der Waals surface area contributed by atoms with Crippen LogP contribution < -0.4 is 0 Å². The van der Waals surface area contributed by atoms with Crippen LogP contribution in [0.25, 0.3) is 33.6 Å². The second-order valence-corrected chi connectivity index (χ2v) is 17.6. The number of nitrogens with zero attached hydrogens (tertiary/aromatic N) is 6. The molecule has 6 aromatic rings. The number of aromatic amines is 2. The molecular weight excluding hydrogens is 745 g/mol. The summed E-state index contributed by atoms with van der Waals surface area (Å²) in [5, 5.41) is 0. The van der Waals surface area contributed by atoms with E-state index in [1.54, 1.807) is 0 Å². The van der Waals surface area contributed by atoms with Crippen molar-refractivity contribution in [3.63, 3.8) is 0 Å². The number of nitrogens with one attached hydrogen (secondary N) is 2. The number of imidazole rings is 2. The Kier molecular flexibility index (Phi) is 11.2. The minimum absolute atomic E-state index is 0.0180. The maximum absolute atomic E-state index is 14.0. The summed E-state index contributed by atoms with van der Waals surface area (Å²) in [5.74, 6) is 2.52. The van der Waals surface area contributed by atoms with Gasteiger partial charge in [0.25, 0.3) is 0 Å². The number of carbonyl (C=O) groups excluding carboxylic acids is 2. The Morgan fingerprint density at radius 1 is 0.617 bits per heavy atom. The maximum Gasteiger partial charge on any atom is 0.227 e. The second-order valence-electron chi connectivity index (χ2n) is 17.6. The highest BCUT2D eigenvalue weighted by Crippen LogP contribution is 2.50. The summed E-state index contributed by atoms with van der Waals surface area (Å²) in [4.78, 5) is 53.0. The molecule has 4 aromatic carbocycles. The summed E-state index contributed by atoms with van der Waals surface area (Å²) in [6.07, 6.45) is 9.75. The molecular formula is C50H56N8O2. The van der Waals surface area contributed by atoms with Gasteiger partial charge in [-0.05, 0) is 111 Å². The predicted molar refractivity (Wildman–Crippen MR) is 237 cm³/mol. The Labute approximate surface area is 353 Å². The number of hydrogen-bond donors (Lipinski definition) is 2. The van der Waals surface area contributed by atoms with Crippen molar-refractivity contribution < 1.29 is 9.59 Å². The molecule has 4 heterocycles. The van der Waals surface area contributed by atoms with Gasteiger partial charge in [0, 0.05) is 25.7 Å². The third-order valence-corrected chi connectivity index (χ3v) is 12.9. The summed E-state index contributed by atoms with van der Waals surface area (Å²) >= 11 is 0. The van der Waals surface area contributed by atoms with Crippen LogP contribution in [0.1, 0.15) is 78.1 Å². The summed E-state index contributed by atoms with van der Waals surface area (Å²) < 4.78 is 0. The largest absolute Gasteiger partial charge is 0.340 e. The van der Waals surface area contributed by atoms with Crippen LogP contribution in [-0.2, 0) is 35.5 Å². The van der Waals surface area contributed by atoms with Gasteiger partial charge in [-0.2, -0.15) is 0 Å². The number of carbonyl (C=O) groups is 2. The highest BCUT2D eigenvalue weighted by atomic mass is 16.2. The van der Waals surface area contributed by atoms with Crippen molar-refractivity contribution in [2.75, 3.05) is 34.7 Å². The third kappa shape index (κ3) is 8.18. The molecule has 2 bridgehead atoms. The van der Waals surface area contributed by atoms with Crippen LogP contribution in [0.3, 0.4) is 0 Å². The molecule has 0 spiro atoms. The summed E-state index contributed by atoms with van der Waals surface area (Å²) in [6, 6.07) is 33.9. The molecule has 2 aromatic heterocycles. The number of rotatable bonds is 13. The van der Waals surface area contributed by atoms with E-state index in [0.29, 0.717) is 18.8 Å². The molecule has 4 atom stereocenters. The first-order valence-electron chi connectivity index (χ1n) is 21.5. The van der Waals surface area contributed by atoms with Crippen molar-refractivity contribution >= 4 is 11.8 Å². The lowest BCUT2D eigenvalue weighted by atomic mass is 9.96. The highest BCUT2D eigenvalue weighted by molar-refractivity contribution is 5.81. The van der Waals surface area contributed by atoms with E-state index in [9.17, 15) is 9.59 Å². The number of benzene rings is 4. The SMILES string of the molecule is CN(C)Cc1ccccc1CC(=O)N1CCC[C@H]1c1ncc(-c2ccc(-c3ccc(-c4cnc([C@H]5[C@H]6CC[C@@H](C6)N5C(=O)Cc5ccccc5CN(C)C)[nH]4)cc3)cc2)[nH]1. The van der Waals surface area contributed by atoms with Crippen LogP contribution in [0.2, 0.25) is 0 Å².